The zero-order valence-electron chi connectivity index (χ0n) is 22.6. The second-order valence-corrected chi connectivity index (χ2v) is 10.1. The van der Waals surface area contributed by atoms with Gasteiger partial charge in [0.25, 0.3) is 0 Å². The van der Waals surface area contributed by atoms with E-state index in [1.54, 1.807) is 0 Å². The molecule has 2 aliphatic heterocycles. The second-order valence-electron chi connectivity index (χ2n) is 10.1. The van der Waals surface area contributed by atoms with E-state index in [9.17, 15) is 50.8 Å². The summed E-state index contributed by atoms with van der Waals surface area (Å²) in [6, 6.07) is 4.33. The third-order valence-electron chi connectivity index (χ3n) is 7.19. The number of aliphatic hydroxyl groups excluding tert-OH is 6. The van der Waals surface area contributed by atoms with Crippen LogP contribution in [0.15, 0.2) is 33.5 Å². The summed E-state index contributed by atoms with van der Waals surface area (Å²) >= 11 is 0. The Hall–Kier alpha value is -3.87. The lowest BCUT2D eigenvalue weighted by atomic mass is 10.00. The zero-order valence-corrected chi connectivity index (χ0v) is 22.6. The summed E-state index contributed by atoms with van der Waals surface area (Å²) in [4.78, 5) is 13.4. The average Bonchev–Trinajstić information content (AvgIpc) is 2.96. The first-order valence-corrected chi connectivity index (χ1v) is 12.9. The molecule has 0 amide bonds. The van der Waals surface area contributed by atoms with Gasteiger partial charge in [0.1, 0.15) is 59.1 Å². The number of phenolic OH excluding ortho intramolecular Hbond substituents is 3. The SMILES string of the molecule is COc1c(-c2cc(O)c(O)c(O[C@H]3OC[C@@H](O)[C@@H](O)[C@H]3O)c2)oc2cc(O[C@@H]3O[C@H](C)[C@H](O)[C@H](O)[C@H]3O)cc(O)c2c1=O. The molecule has 16 heteroatoms. The van der Waals surface area contributed by atoms with Crippen molar-refractivity contribution in [2.24, 2.45) is 0 Å². The maximum atomic E-state index is 13.4. The lowest BCUT2D eigenvalue weighted by Gasteiger charge is -2.38. The predicted octanol–water partition coefficient (Wildman–Crippen LogP) is -1.39. The fraction of sp³-hybridized carbons (Fsp3) is 0.444. The molecule has 0 saturated carbocycles. The van der Waals surface area contributed by atoms with Gasteiger partial charge in [-0.3, -0.25) is 4.79 Å². The minimum absolute atomic E-state index is 0.0881. The smallest absolute Gasteiger partial charge is 0.239 e. The highest BCUT2D eigenvalue weighted by Crippen LogP contribution is 2.44. The Balaban J connectivity index is 1.55. The van der Waals surface area contributed by atoms with Crippen molar-refractivity contribution in [1.29, 1.82) is 0 Å². The van der Waals surface area contributed by atoms with E-state index in [1.165, 1.54) is 13.0 Å². The third kappa shape index (κ3) is 5.50. The molecule has 9 N–H and O–H groups in total. The number of hydrogen-bond acceptors (Lipinski definition) is 16. The molecule has 43 heavy (non-hydrogen) atoms. The van der Waals surface area contributed by atoms with Gasteiger partial charge in [0.2, 0.25) is 29.5 Å². The van der Waals surface area contributed by atoms with Crippen molar-refractivity contribution < 1.29 is 74.1 Å². The Bertz CT molecular complexity index is 1550. The Kier molecular flexibility index (Phi) is 8.30. The van der Waals surface area contributed by atoms with Crippen LogP contribution in [0, 0.1) is 0 Å². The molecule has 5 rings (SSSR count). The molecule has 3 heterocycles. The van der Waals surface area contributed by atoms with Crippen LogP contribution in [0.5, 0.6) is 34.5 Å². The number of ether oxygens (including phenoxy) is 5. The van der Waals surface area contributed by atoms with Crippen molar-refractivity contribution in [1.82, 2.24) is 0 Å². The highest BCUT2D eigenvalue weighted by Gasteiger charge is 2.43. The van der Waals surface area contributed by atoms with Gasteiger partial charge in [-0.25, -0.2) is 0 Å². The molecule has 9 atom stereocenters. The van der Waals surface area contributed by atoms with Crippen LogP contribution in [0.25, 0.3) is 22.3 Å². The van der Waals surface area contributed by atoms with Crippen LogP contribution in [-0.4, -0.2) is 115 Å². The van der Waals surface area contributed by atoms with Crippen LogP contribution in [0.2, 0.25) is 0 Å². The van der Waals surface area contributed by atoms with Crippen LogP contribution >= 0.6 is 0 Å². The lowest BCUT2D eigenvalue weighted by Crippen LogP contribution is -2.58. The number of methoxy groups -OCH3 is 1. The molecule has 2 aromatic carbocycles. The van der Waals surface area contributed by atoms with Crippen molar-refractivity contribution >= 4 is 11.0 Å². The van der Waals surface area contributed by atoms with Crippen LogP contribution in [0.4, 0.5) is 0 Å². The van der Waals surface area contributed by atoms with E-state index in [1.807, 2.05) is 0 Å². The highest BCUT2D eigenvalue weighted by atomic mass is 16.7. The number of hydrogen-bond donors (Lipinski definition) is 9. The Morgan fingerprint density at radius 1 is 0.814 bits per heavy atom. The summed E-state index contributed by atoms with van der Waals surface area (Å²) in [7, 11) is 1.15. The van der Waals surface area contributed by atoms with Crippen molar-refractivity contribution in [3.8, 4) is 45.8 Å². The van der Waals surface area contributed by atoms with Crippen molar-refractivity contribution in [2.45, 2.75) is 62.2 Å². The monoisotopic (exact) mass is 610 g/mol. The Labute approximate surface area is 241 Å². The Morgan fingerprint density at radius 3 is 2.21 bits per heavy atom. The fourth-order valence-electron chi connectivity index (χ4n) is 4.77. The number of benzene rings is 2. The lowest BCUT2D eigenvalue weighted by molar-refractivity contribution is -0.268. The van der Waals surface area contributed by atoms with E-state index < -0.39 is 96.1 Å². The summed E-state index contributed by atoms with van der Waals surface area (Å²) in [5.41, 5.74) is -1.19. The first-order chi connectivity index (χ1) is 20.3. The van der Waals surface area contributed by atoms with Crippen LogP contribution in [0.3, 0.4) is 0 Å². The molecule has 0 aliphatic carbocycles. The first kappa shape index (κ1) is 30.6. The van der Waals surface area contributed by atoms with E-state index in [-0.39, 0.29) is 28.0 Å². The van der Waals surface area contributed by atoms with E-state index >= 15 is 0 Å². The molecule has 0 bridgehead atoms. The molecule has 0 radical (unpaired) electrons. The molecule has 3 aromatic rings. The molecule has 16 nitrogen and oxygen atoms in total. The van der Waals surface area contributed by atoms with Gasteiger partial charge in [0, 0.05) is 17.7 Å². The summed E-state index contributed by atoms with van der Waals surface area (Å²) in [5.74, 6) is -3.50. The highest BCUT2D eigenvalue weighted by molar-refractivity contribution is 5.88. The van der Waals surface area contributed by atoms with E-state index in [0.717, 1.165) is 25.3 Å². The Morgan fingerprint density at radius 2 is 1.51 bits per heavy atom. The van der Waals surface area contributed by atoms with Crippen molar-refractivity contribution in [2.75, 3.05) is 13.7 Å². The number of rotatable bonds is 6. The summed E-state index contributed by atoms with van der Waals surface area (Å²) < 4.78 is 32.8. The number of phenols is 3. The summed E-state index contributed by atoms with van der Waals surface area (Å²) in [6.07, 6.45) is -13.4. The summed E-state index contributed by atoms with van der Waals surface area (Å²) in [6.45, 7) is 1.04. The maximum absolute atomic E-state index is 13.4. The molecule has 0 unspecified atom stereocenters. The van der Waals surface area contributed by atoms with Crippen LogP contribution in [-0.2, 0) is 9.47 Å². The molecule has 234 valence electrons. The fourth-order valence-corrected chi connectivity index (χ4v) is 4.77. The van der Waals surface area contributed by atoms with Gasteiger partial charge >= 0.3 is 0 Å². The largest absolute Gasteiger partial charge is 0.507 e. The first-order valence-electron chi connectivity index (χ1n) is 12.9. The molecule has 2 saturated heterocycles. The second kappa shape index (κ2) is 11.7. The average molecular weight is 611 g/mol. The van der Waals surface area contributed by atoms with Crippen LogP contribution < -0.4 is 19.6 Å². The van der Waals surface area contributed by atoms with Crippen LogP contribution in [0.1, 0.15) is 6.92 Å². The number of aromatic hydroxyl groups is 3. The number of aliphatic hydroxyl groups is 6. The quantitative estimate of drug-likeness (QED) is 0.146. The van der Waals surface area contributed by atoms with E-state index in [4.69, 9.17) is 28.1 Å². The van der Waals surface area contributed by atoms with Gasteiger partial charge in [0.05, 0.1) is 19.8 Å². The van der Waals surface area contributed by atoms with Crippen molar-refractivity contribution in [3.63, 3.8) is 0 Å². The minimum Gasteiger partial charge on any atom is -0.507 e. The maximum Gasteiger partial charge on any atom is 0.239 e. The molecule has 2 aliphatic rings. The zero-order chi connectivity index (χ0) is 31.3. The molecule has 2 fully saturated rings. The molecule has 0 spiro atoms. The number of fused-ring (bicyclic) bond motifs is 1. The van der Waals surface area contributed by atoms with Crippen molar-refractivity contribution in [3.05, 3.63) is 34.5 Å². The molecule has 1 aromatic heterocycles. The van der Waals surface area contributed by atoms with Gasteiger partial charge < -0.3 is 74.1 Å². The normalized spacial score (nSPS) is 31.1. The third-order valence-corrected chi connectivity index (χ3v) is 7.19. The van der Waals surface area contributed by atoms with Gasteiger partial charge in [0.15, 0.2) is 17.3 Å². The molecular weight excluding hydrogens is 580 g/mol. The summed E-state index contributed by atoms with van der Waals surface area (Å²) in [5, 5.41) is 91.3. The van der Waals surface area contributed by atoms with Gasteiger partial charge in [-0.15, -0.1) is 0 Å². The van der Waals surface area contributed by atoms with Gasteiger partial charge in [-0.05, 0) is 19.1 Å². The molecular formula is C27H30O16. The van der Waals surface area contributed by atoms with E-state index in [2.05, 4.69) is 0 Å². The van der Waals surface area contributed by atoms with Gasteiger partial charge in [-0.2, -0.15) is 0 Å². The standard InChI is InChI=1S/C27H30O16/c1-8-17(31)21(35)23(37)27(40-8)41-10-5-11(28)16-14(6-10)42-24(25(38-2)20(16)34)9-3-12(29)18(32)15(4-9)43-26-22(36)19(33)13(30)7-39-26/h3-6,8,13,17,19,21-23,26-33,35-37H,7H2,1-2H3/t8-,13-,17+,19-,21+,22-,23-,26-,27+/m1/s1. The van der Waals surface area contributed by atoms with E-state index in [0.29, 0.717) is 0 Å². The minimum atomic E-state index is -1.73. The van der Waals surface area contributed by atoms with Gasteiger partial charge in [-0.1, -0.05) is 0 Å². The predicted molar refractivity (Wildman–Crippen MR) is 141 cm³/mol. The topological polar surface area (TPSA) is 258 Å².